The molecule has 5 nitrogen and oxygen atoms in total. The Morgan fingerprint density at radius 3 is 2.39 bits per heavy atom. The minimum Gasteiger partial charge on any atom is -0.496 e. The fourth-order valence-corrected chi connectivity index (χ4v) is 4.86. The van der Waals surface area contributed by atoms with Crippen LogP contribution < -0.4 is 9.64 Å². The van der Waals surface area contributed by atoms with Crippen LogP contribution in [0.2, 0.25) is 0 Å². The fourth-order valence-electron chi connectivity index (χ4n) is 3.83. The molecule has 33 heavy (non-hydrogen) atoms. The van der Waals surface area contributed by atoms with E-state index in [-0.39, 0.29) is 11.4 Å². The number of nitrogens with zero attached hydrogens (tertiary/aromatic N) is 3. The van der Waals surface area contributed by atoms with Gasteiger partial charge in [-0.2, -0.15) is 0 Å². The van der Waals surface area contributed by atoms with E-state index in [9.17, 15) is 13.6 Å². The summed E-state index contributed by atoms with van der Waals surface area (Å²) in [6.07, 6.45) is 0. The van der Waals surface area contributed by atoms with Crippen molar-refractivity contribution in [2.75, 3.05) is 38.2 Å². The smallest absolute Gasteiger partial charge is 0.263 e. The largest absolute Gasteiger partial charge is 0.496 e. The van der Waals surface area contributed by atoms with Crippen molar-refractivity contribution in [2.45, 2.75) is 13.8 Å². The van der Waals surface area contributed by atoms with Crippen LogP contribution in [-0.4, -0.2) is 49.1 Å². The maximum absolute atomic E-state index is 14.3. The number of carbonyl (C=O) groups excluding carboxylic acids is 1. The number of amides is 1. The molecule has 1 amide bonds. The summed E-state index contributed by atoms with van der Waals surface area (Å²) < 4.78 is 34.0. The number of aromatic nitrogens is 1. The van der Waals surface area contributed by atoms with Gasteiger partial charge < -0.3 is 9.64 Å². The first-order chi connectivity index (χ1) is 15.9. The first-order valence-electron chi connectivity index (χ1n) is 10.8. The van der Waals surface area contributed by atoms with Crippen molar-refractivity contribution in [3.05, 3.63) is 65.7 Å². The molecule has 0 radical (unpaired) electrons. The molecule has 0 spiro atoms. The highest BCUT2D eigenvalue weighted by Gasteiger charge is 2.26. The van der Waals surface area contributed by atoms with E-state index in [1.165, 1.54) is 18.1 Å². The third-order valence-electron chi connectivity index (χ3n) is 5.71. The Labute approximate surface area is 195 Å². The Bertz CT molecular complexity index is 1300. The third kappa shape index (κ3) is 4.67. The van der Waals surface area contributed by atoms with E-state index in [2.05, 4.69) is 23.7 Å². The number of rotatable bonds is 8. The van der Waals surface area contributed by atoms with E-state index < -0.39 is 11.6 Å². The molecule has 0 aliphatic rings. The second-order valence-electron chi connectivity index (χ2n) is 7.61. The lowest BCUT2D eigenvalue weighted by atomic mass is 10.0. The van der Waals surface area contributed by atoms with Crippen molar-refractivity contribution >= 4 is 43.4 Å². The van der Waals surface area contributed by atoms with Gasteiger partial charge in [-0.05, 0) is 42.1 Å². The SMILES string of the molecule is CCN(CC)CCN(C(=O)c1cc2ccccc2cc1OC)c1nc2c(F)cc(F)cc2s1. The van der Waals surface area contributed by atoms with Gasteiger partial charge in [-0.25, -0.2) is 13.8 Å². The summed E-state index contributed by atoms with van der Waals surface area (Å²) in [5.41, 5.74) is 0.448. The summed E-state index contributed by atoms with van der Waals surface area (Å²) in [4.78, 5) is 21.9. The number of hydrogen-bond donors (Lipinski definition) is 0. The van der Waals surface area contributed by atoms with E-state index in [0.717, 1.165) is 41.3 Å². The Hall–Kier alpha value is -3.10. The van der Waals surface area contributed by atoms with Crippen LogP contribution in [0, 0.1) is 11.6 Å². The highest BCUT2D eigenvalue weighted by atomic mass is 32.1. The molecule has 0 aliphatic carbocycles. The normalized spacial score (nSPS) is 11.5. The minimum absolute atomic E-state index is 0.0579. The highest BCUT2D eigenvalue weighted by molar-refractivity contribution is 7.22. The average Bonchev–Trinajstić information content (AvgIpc) is 3.24. The number of halogens is 2. The van der Waals surface area contributed by atoms with Gasteiger partial charge >= 0.3 is 0 Å². The van der Waals surface area contributed by atoms with Crippen LogP contribution in [0.25, 0.3) is 21.0 Å². The molecule has 0 bridgehead atoms. The number of hydrogen-bond acceptors (Lipinski definition) is 5. The lowest BCUT2D eigenvalue weighted by molar-refractivity contribution is 0.0981. The zero-order valence-corrected chi connectivity index (χ0v) is 19.6. The topological polar surface area (TPSA) is 45.7 Å². The van der Waals surface area contributed by atoms with Gasteiger partial charge in [0.15, 0.2) is 10.9 Å². The summed E-state index contributed by atoms with van der Waals surface area (Å²) in [6, 6.07) is 13.4. The minimum atomic E-state index is -0.744. The molecule has 4 aromatic rings. The van der Waals surface area contributed by atoms with Gasteiger partial charge in [0, 0.05) is 19.2 Å². The molecule has 3 aromatic carbocycles. The summed E-state index contributed by atoms with van der Waals surface area (Å²) >= 11 is 1.10. The van der Waals surface area contributed by atoms with E-state index in [1.54, 1.807) is 6.07 Å². The number of benzene rings is 3. The average molecular weight is 470 g/mol. The van der Waals surface area contributed by atoms with E-state index in [1.807, 2.05) is 30.3 Å². The van der Waals surface area contributed by atoms with Crippen LogP contribution in [0.15, 0.2) is 48.5 Å². The van der Waals surface area contributed by atoms with Crippen molar-refractivity contribution in [3.63, 3.8) is 0 Å². The van der Waals surface area contributed by atoms with Gasteiger partial charge in [0.2, 0.25) is 0 Å². The first-order valence-corrected chi connectivity index (χ1v) is 11.6. The van der Waals surface area contributed by atoms with Crippen molar-refractivity contribution in [1.29, 1.82) is 0 Å². The molecule has 0 aliphatic heterocycles. The van der Waals surface area contributed by atoms with Crippen LogP contribution in [-0.2, 0) is 0 Å². The zero-order chi connectivity index (χ0) is 23.5. The molecule has 1 aromatic heterocycles. The zero-order valence-electron chi connectivity index (χ0n) is 18.8. The molecular formula is C25H25F2N3O2S. The molecule has 1 heterocycles. The number of thiazole rings is 1. The van der Waals surface area contributed by atoms with Crippen LogP contribution >= 0.6 is 11.3 Å². The van der Waals surface area contributed by atoms with E-state index in [4.69, 9.17) is 4.74 Å². The van der Waals surface area contributed by atoms with Crippen LogP contribution in [0.1, 0.15) is 24.2 Å². The molecule has 0 N–H and O–H groups in total. The maximum Gasteiger partial charge on any atom is 0.263 e. The van der Waals surface area contributed by atoms with Gasteiger partial charge in [0.05, 0.1) is 17.4 Å². The summed E-state index contributed by atoms with van der Waals surface area (Å²) in [5, 5.41) is 2.18. The van der Waals surface area contributed by atoms with E-state index in [0.29, 0.717) is 34.2 Å². The van der Waals surface area contributed by atoms with Crippen LogP contribution in [0.5, 0.6) is 5.75 Å². The second-order valence-corrected chi connectivity index (χ2v) is 8.62. The number of anilines is 1. The number of ether oxygens (including phenoxy) is 1. The van der Waals surface area contributed by atoms with Gasteiger partial charge in [-0.1, -0.05) is 49.4 Å². The summed E-state index contributed by atoms with van der Waals surface area (Å²) in [6.45, 7) is 6.73. The third-order valence-corrected chi connectivity index (χ3v) is 6.74. The number of carbonyl (C=O) groups is 1. The van der Waals surface area contributed by atoms with Crippen molar-refractivity contribution in [2.24, 2.45) is 0 Å². The maximum atomic E-state index is 14.3. The number of fused-ring (bicyclic) bond motifs is 2. The van der Waals surface area contributed by atoms with Crippen LogP contribution in [0.4, 0.5) is 13.9 Å². The second kappa shape index (κ2) is 9.80. The molecule has 0 unspecified atom stereocenters. The fraction of sp³-hybridized carbons (Fsp3) is 0.280. The Morgan fingerprint density at radius 2 is 1.73 bits per heavy atom. The molecule has 4 rings (SSSR count). The van der Waals surface area contributed by atoms with Gasteiger partial charge in [0.25, 0.3) is 5.91 Å². The quantitative estimate of drug-likeness (QED) is 0.331. The molecule has 8 heteroatoms. The molecular weight excluding hydrogens is 444 g/mol. The summed E-state index contributed by atoms with van der Waals surface area (Å²) in [5.74, 6) is -1.27. The van der Waals surface area contributed by atoms with Gasteiger partial charge in [-0.3, -0.25) is 9.69 Å². The van der Waals surface area contributed by atoms with Crippen molar-refractivity contribution in [3.8, 4) is 5.75 Å². The number of methoxy groups -OCH3 is 1. The first kappa shape index (κ1) is 23.1. The predicted molar refractivity (Wildman–Crippen MR) is 130 cm³/mol. The lowest BCUT2D eigenvalue weighted by Crippen LogP contribution is -2.39. The van der Waals surface area contributed by atoms with Gasteiger partial charge in [0.1, 0.15) is 17.1 Å². The van der Waals surface area contributed by atoms with Gasteiger partial charge in [-0.15, -0.1) is 0 Å². The lowest BCUT2D eigenvalue weighted by Gasteiger charge is -2.25. The molecule has 0 saturated heterocycles. The van der Waals surface area contributed by atoms with Crippen LogP contribution in [0.3, 0.4) is 0 Å². The van der Waals surface area contributed by atoms with Crippen molar-refractivity contribution < 1.29 is 18.3 Å². The Morgan fingerprint density at radius 1 is 1.03 bits per heavy atom. The standard InChI is InChI=1S/C25H25F2N3O2S/c1-4-29(5-2)10-11-30(25-28-23-20(27)14-18(26)15-22(23)33-25)24(31)19-12-16-8-6-7-9-17(16)13-21(19)32-3/h6-9,12-15H,4-5,10-11H2,1-3H3. The molecule has 0 fully saturated rings. The monoisotopic (exact) mass is 469 g/mol. The Kier molecular flexibility index (Phi) is 6.85. The molecule has 0 saturated carbocycles. The van der Waals surface area contributed by atoms with E-state index >= 15 is 0 Å². The summed E-state index contributed by atoms with van der Waals surface area (Å²) in [7, 11) is 1.52. The molecule has 172 valence electrons. The molecule has 0 atom stereocenters. The number of likely N-dealkylation sites (N-methyl/N-ethyl adjacent to an activating group) is 1. The predicted octanol–water partition coefficient (Wildman–Crippen LogP) is 5.72. The Balaban J connectivity index is 1.80. The van der Waals surface area contributed by atoms with Crippen molar-refractivity contribution in [1.82, 2.24) is 9.88 Å². The highest BCUT2D eigenvalue weighted by Crippen LogP contribution is 2.34.